The number of rotatable bonds is 4. The number of hydrogen-bond acceptors (Lipinski definition) is 4. The minimum absolute atomic E-state index is 0.467. The molecule has 1 unspecified atom stereocenters. The van der Waals surface area contributed by atoms with Crippen molar-refractivity contribution < 1.29 is 4.42 Å². The first kappa shape index (κ1) is 15.9. The van der Waals surface area contributed by atoms with Gasteiger partial charge in [-0.2, -0.15) is 0 Å². The summed E-state index contributed by atoms with van der Waals surface area (Å²) >= 11 is 0. The van der Waals surface area contributed by atoms with Crippen LogP contribution in [0.5, 0.6) is 0 Å². The molecule has 0 bridgehead atoms. The largest absolute Gasteiger partial charge is 0.465 e. The van der Waals surface area contributed by atoms with Gasteiger partial charge in [0.15, 0.2) is 0 Å². The van der Waals surface area contributed by atoms with E-state index in [-0.39, 0.29) is 0 Å². The van der Waals surface area contributed by atoms with E-state index in [9.17, 15) is 0 Å². The minimum Gasteiger partial charge on any atom is -0.465 e. The van der Waals surface area contributed by atoms with Crippen LogP contribution in [0, 0.1) is 12.3 Å². The van der Waals surface area contributed by atoms with Crippen LogP contribution in [0.2, 0.25) is 0 Å². The Labute approximate surface area is 144 Å². The van der Waals surface area contributed by atoms with Crippen LogP contribution in [-0.4, -0.2) is 41.0 Å². The summed E-state index contributed by atoms with van der Waals surface area (Å²) in [6.45, 7) is 8.76. The molecule has 2 saturated heterocycles. The lowest BCUT2D eigenvalue weighted by Gasteiger charge is -2.40. The van der Waals surface area contributed by atoms with Gasteiger partial charge in [-0.25, -0.2) is 0 Å². The first-order valence-corrected chi connectivity index (χ1v) is 9.11. The average Bonchev–Trinajstić information content (AvgIpc) is 3.15. The summed E-state index contributed by atoms with van der Waals surface area (Å²) in [7, 11) is 0. The molecule has 24 heavy (non-hydrogen) atoms. The molecule has 2 aromatic rings. The van der Waals surface area contributed by atoms with Crippen molar-refractivity contribution in [2.24, 2.45) is 5.41 Å². The van der Waals surface area contributed by atoms with E-state index < -0.39 is 0 Å². The fourth-order valence-corrected chi connectivity index (χ4v) is 4.45. The van der Waals surface area contributed by atoms with E-state index in [1.54, 1.807) is 0 Å². The quantitative estimate of drug-likeness (QED) is 0.862. The Bertz CT molecular complexity index is 669. The lowest BCUT2D eigenvalue weighted by Crippen LogP contribution is -2.44. The molecule has 0 amide bonds. The normalized spacial score (nSPS) is 25.5. The summed E-state index contributed by atoms with van der Waals surface area (Å²) in [6.07, 6.45) is 5.87. The van der Waals surface area contributed by atoms with Crippen molar-refractivity contribution in [1.82, 2.24) is 14.8 Å². The lowest BCUT2D eigenvalue weighted by molar-refractivity contribution is 0.0812. The van der Waals surface area contributed by atoms with Gasteiger partial charge in [-0.15, -0.1) is 0 Å². The van der Waals surface area contributed by atoms with Gasteiger partial charge in [0.1, 0.15) is 11.5 Å². The maximum absolute atomic E-state index is 5.78. The third-order valence-electron chi connectivity index (χ3n) is 5.55. The Morgan fingerprint density at radius 3 is 2.67 bits per heavy atom. The van der Waals surface area contributed by atoms with Crippen LogP contribution in [0.3, 0.4) is 0 Å². The number of aromatic nitrogens is 1. The van der Waals surface area contributed by atoms with Crippen LogP contribution in [0.25, 0.3) is 0 Å². The molecule has 0 aromatic carbocycles. The van der Waals surface area contributed by atoms with E-state index in [1.165, 1.54) is 51.1 Å². The van der Waals surface area contributed by atoms with Gasteiger partial charge in [-0.1, -0.05) is 6.07 Å². The number of aryl methyl sites for hydroxylation is 1. The molecule has 128 valence electrons. The summed E-state index contributed by atoms with van der Waals surface area (Å²) in [4.78, 5) is 9.66. The number of pyridine rings is 1. The van der Waals surface area contributed by atoms with Crippen molar-refractivity contribution in [2.75, 3.05) is 26.2 Å². The molecule has 2 fully saturated rings. The monoisotopic (exact) mass is 325 g/mol. The molecule has 4 rings (SSSR count). The standard InChI is InChI=1S/C20H27N3O/c1-17-6-7-19(24-17)14-22-11-4-8-20(15-22)9-12-23(16-20)13-18-5-2-3-10-21-18/h2-3,5-7,10H,4,8-9,11-16H2,1H3. The first-order chi connectivity index (χ1) is 11.7. The second kappa shape index (κ2) is 6.69. The Kier molecular flexibility index (Phi) is 4.42. The highest BCUT2D eigenvalue weighted by molar-refractivity contribution is 5.07. The maximum Gasteiger partial charge on any atom is 0.118 e. The molecule has 1 atom stereocenters. The number of piperidine rings is 1. The summed E-state index contributed by atoms with van der Waals surface area (Å²) in [5.41, 5.74) is 1.66. The molecule has 0 aliphatic carbocycles. The molecular weight excluding hydrogens is 298 g/mol. The topological polar surface area (TPSA) is 32.5 Å². The zero-order chi connectivity index (χ0) is 16.4. The average molecular weight is 325 g/mol. The van der Waals surface area contributed by atoms with Gasteiger partial charge in [-0.05, 0) is 69.0 Å². The van der Waals surface area contributed by atoms with Gasteiger partial charge in [0.25, 0.3) is 0 Å². The van der Waals surface area contributed by atoms with Gasteiger partial charge in [-0.3, -0.25) is 14.8 Å². The Hall–Kier alpha value is -1.65. The van der Waals surface area contributed by atoms with E-state index >= 15 is 0 Å². The van der Waals surface area contributed by atoms with Gasteiger partial charge in [0, 0.05) is 25.8 Å². The van der Waals surface area contributed by atoms with Crippen molar-refractivity contribution in [3.8, 4) is 0 Å². The molecular formula is C20H27N3O. The van der Waals surface area contributed by atoms with E-state index in [1.807, 2.05) is 19.2 Å². The van der Waals surface area contributed by atoms with Gasteiger partial charge in [0.2, 0.25) is 0 Å². The molecule has 2 aliphatic rings. The summed E-state index contributed by atoms with van der Waals surface area (Å²) in [5, 5.41) is 0. The molecule has 0 radical (unpaired) electrons. The Morgan fingerprint density at radius 2 is 1.92 bits per heavy atom. The predicted octanol–water partition coefficient (Wildman–Crippen LogP) is 3.47. The number of nitrogens with zero attached hydrogens (tertiary/aromatic N) is 3. The van der Waals surface area contributed by atoms with Crippen molar-refractivity contribution in [3.05, 3.63) is 53.7 Å². The van der Waals surface area contributed by atoms with Crippen molar-refractivity contribution in [1.29, 1.82) is 0 Å². The SMILES string of the molecule is Cc1ccc(CN2CCCC3(CCN(Cc4ccccn4)C3)C2)o1. The molecule has 4 nitrogen and oxygen atoms in total. The van der Waals surface area contributed by atoms with Gasteiger partial charge < -0.3 is 4.42 Å². The fourth-order valence-electron chi connectivity index (χ4n) is 4.45. The van der Waals surface area contributed by atoms with Gasteiger partial charge >= 0.3 is 0 Å². The van der Waals surface area contributed by atoms with E-state index in [4.69, 9.17) is 4.42 Å². The minimum atomic E-state index is 0.467. The number of hydrogen-bond donors (Lipinski definition) is 0. The summed E-state index contributed by atoms with van der Waals surface area (Å²) in [6, 6.07) is 10.4. The highest BCUT2D eigenvalue weighted by atomic mass is 16.3. The third kappa shape index (κ3) is 3.55. The van der Waals surface area contributed by atoms with Crippen LogP contribution in [-0.2, 0) is 13.1 Å². The molecule has 2 aliphatic heterocycles. The molecule has 1 spiro atoms. The molecule has 0 N–H and O–H groups in total. The second-order valence-electron chi connectivity index (χ2n) is 7.61. The van der Waals surface area contributed by atoms with E-state index in [0.29, 0.717) is 5.41 Å². The number of furan rings is 1. The first-order valence-electron chi connectivity index (χ1n) is 9.11. The van der Waals surface area contributed by atoms with Crippen molar-refractivity contribution in [2.45, 2.75) is 39.3 Å². The highest BCUT2D eigenvalue weighted by Gasteiger charge is 2.41. The fraction of sp³-hybridized carbons (Fsp3) is 0.550. The predicted molar refractivity (Wildman–Crippen MR) is 94.5 cm³/mol. The molecule has 2 aromatic heterocycles. The van der Waals surface area contributed by atoms with Crippen LogP contribution >= 0.6 is 0 Å². The summed E-state index contributed by atoms with van der Waals surface area (Å²) in [5.74, 6) is 2.12. The van der Waals surface area contributed by atoms with Crippen molar-refractivity contribution >= 4 is 0 Å². The van der Waals surface area contributed by atoms with E-state index in [2.05, 4.69) is 39.0 Å². The summed E-state index contributed by atoms with van der Waals surface area (Å²) < 4.78 is 5.78. The number of likely N-dealkylation sites (tertiary alicyclic amines) is 2. The van der Waals surface area contributed by atoms with Gasteiger partial charge in [0.05, 0.1) is 12.2 Å². The Balaban J connectivity index is 1.36. The van der Waals surface area contributed by atoms with Crippen molar-refractivity contribution in [3.63, 3.8) is 0 Å². The van der Waals surface area contributed by atoms with E-state index in [0.717, 1.165) is 24.6 Å². The Morgan fingerprint density at radius 1 is 1.04 bits per heavy atom. The van der Waals surface area contributed by atoms with Crippen LogP contribution in [0.1, 0.15) is 36.5 Å². The zero-order valence-corrected chi connectivity index (χ0v) is 14.6. The molecule has 4 heteroatoms. The molecule has 0 saturated carbocycles. The second-order valence-corrected chi connectivity index (χ2v) is 7.61. The lowest BCUT2D eigenvalue weighted by atomic mass is 9.79. The van der Waals surface area contributed by atoms with Crippen LogP contribution in [0.15, 0.2) is 40.9 Å². The smallest absolute Gasteiger partial charge is 0.118 e. The maximum atomic E-state index is 5.78. The van der Waals surface area contributed by atoms with Crippen LogP contribution in [0.4, 0.5) is 0 Å². The highest BCUT2D eigenvalue weighted by Crippen LogP contribution is 2.39. The van der Waals surface area contributed by atoms with Crippen LogP contribution < -0.4 is 0 Å². The zero-order valence-electron chi connectivity index (χ0n) is 14.6. The molecule has 4 heterocycles. The third-order valence-corrected chi connectivity index (χ3v) is 5.55.